The zero-order chi connectivity index (χ0) is 14.9. The molecule has 0 atom stereocenters. The highest BCUT2D eigenvalue weighted by Gasteiger charge is 2.22. The van der Waals surface area contributed by atoms with E-state index >= 15 is 0 Å². The number of aromatic nitrogens is 4. The number of rotatable bonds is 2. The van der Waals surface area contributed by atoms with Gasteiger partial charge in [-0.25, -0.2) is 14.6 Å². The predicted molar refractivity (Wildman–Crippen MR) is 67.6 cm³/mol. The lowest BCUT2D eigenvalue weighted by Crippen LogP contribution is -2.29. The first-order valence-corrected chi connectivity index (χ1v) is 5.71. The number of hydrogen-bond acceptors (Lipinski definition) is 6. The number of carbonyl (C=O) groups excluding carboxylic acids is 1. The average molecular weight is 279 g/mol. The number of nitrogens with zero attached hydrogens (tertiary/aromatic N) is 4. The van der Waals surface area contributed by atoms with Crippen molar-refractivity contribution in [2.75, 3.05) is 5.32 Å². The molecule has 0 aromatic carbocycles. The Balaban J connectivity index is 2.41. The van der Waals surface area contributed by atoms with Crippen molar-refractivity contribution in [1.82, 2.24) is 19.6 Å². The van der Waals surface area contributed by atoms with Crippen LogP contribution in [0.15, 0.2) is 12.4 Å². The number of imidazole rings is 1. The van der Waals surface area contributed by atoms with Crippen LogP contribution in [0.2, 0.25) is 0 Å². The second-order valence-electron chi connectivity index (χ2n) is 4.93. The number of aromatic carboxylic acids is 1. The second-order valence-corrected chi connectivity index (χ2v) is 4.93. The number of nitrogens with one attached hydrogen (secondary N) is 1. The van der Waals surface area contributed by atoms with Gasteiger partial charge in [0, 0.05) is 12.4 Å². The number of carboxylic acid groups (broad SMARTS) is 1. The van der Waals surface area contributed by atoms with E-state index in [4.69, 9.17) is 9.84 Å². The van der Waals surface area contributed by atoms with Crippen molar-refractivity contribution in [3.63, 3.8) is 0 Å². The summed E-state index contributed by atoms with van der Waals surface area (Å²) in [7, 11) is 0. The Morgan fingerprint density at radius 1 is 1.35 bits per heavy atom. The van der Waals surface area contributed by atoms with E-state index in [0.717, 1.165) is 0 Å². The molecule has 0 unspecified atom stereocenters. The van der Waals surface area contributed by atoms with Crippen LogP contribution in [-0.2, 0) is 4.74 Å². The second kappa shape index (κ2) is 4.76. The number of ether oxygens (including phenoxy) is 1. The summed E-state index contributed by atoms with van der Waals surface area (Å²) in [6.07, 6.45) is 2.09. The normalized spacial score (nSPS) is 11.3. The van der Waals surface area contributed by atoms with Crippen LogP contribution in [0, 0.1) is 0 Å². The number of carboxylic acids is 1. The highest BCUT2D eigenvalue weighted by Crippen LogP contribution is 2.16. The molecule has 2 N–H and O–H groups in total. The lowest BCUT2D eigenvalue weighted by molar-refractivity contribution is 0.0635. The molecule has 2 heterocycles. The molecule has 2 aromatic rings. The molecule has 0 fully saturated rings. The fourth-order valence-electron chi connectivity index (χ4n) is 1.46. The van der Waals surface area contributed by atoms with Gasteiger partial charge >= 0.3 is 12.1 Å². The van der Waals surface area contributed by atoms with E-state index in [-0.39, 0.29) is 11.6 Å². The minimum Gasteiger partial charge on any atom is -0.476 e. The van der Waals surface area contributed by atoms with Crippen molar-refractivity contribution < 1.29 is 19.4 Å². The van der Waals surface area contributed by atoms with Gasteiger partial charge < -0.3 is 9.84 Å². The quantitative estimate of drug-likeness (QED) is 0.846. The van der Waals surface area contributed by atoms with E-state index in [1.54, 1.807) is 20.8 Å². The van der Waals surface area contributed by atoms with E-state index < -0.39 is 23.4 Å². The van der Waals surface area contributed by atoms with Gasteiger partial charge in [0.1, 0.15) is 5.60 Å². The third kappa shape index (κ3) is 2.82. The van der Waals surface area contributed by atoms with Gasteiger partial charge in [-0.15, -0.1) is 10.2 Å². The minimum atomic E-state index is -1.32. The Labute approximate surface area is 113 Å². The van der Waals surface area contributed by atoms with Crippen LogP contribution >= 0.6 is 0 Å². The summed E-state index contributed by atoms with van der Waals surface area (Å²) in [5.41, 5.74) is -1.11. The molecular formula is C11H13N5O4. The number of carbonyl (C=O) groups is 2. The van der Waals surface area contributed by atoms with E-state index in [0.29, 0.717) is 0 Å². The third-order valence-corrected chi connectivity index (χ3v) is 2.15. The molecule has 0 saturated carbocycles. The maximum Gasteiger partial charge on any atom is 0.413 e. The Kier molecular flexibility index (Phi) is 3.26. The minimum absolute atomic E-state index is 0.0609. The Hall–Kier alpha value is -2.71. The molecule has 2 rings (SSSR count). The summed E-state index contributed by atoms with van der Waals surface area (Å²) in [6.45, 7) is 5.09. The van der Waals surface area contributed by atoms with Gasteiger partial charge in [-0.2, -0.15) is 0 Å². The largest absolute Gasteiger partial charge is 0.476 e. The number of fused-ring (bicyclic) bond motifs is 1. The summed E-state index contributed by atoms with van der Waals surface area (Å²) in [5.74, 6) is -1.21. The fourth-order valence-corrected chi connectivity index (χ4v) is 1.46. The number of hydrogen-bond donors (Lipinski definition) is 2. The van der Waals surface area contributed by atoms with Crippen LogP contribution in [-0.4, -0.2) is 42.4 Å². The Morgan fingerprint density at radius 3 is 2.65 bits per heavy atom. The molecule has 106 valence electrons. The molecule has 0 radical (unpaired) electrons. The van der Waals surface area contributed by atoms with E-state index in [2.05, 4.69) is 20.5 Å². The highest BCUT2D eigenvalue weighted by atomic mass is 16.6. The molecule has 0 aliphatic heterocycles. The fraction of sp³-hybridized carbons (Fsp3) is 0.364. The van der Waals surface area contributed by atoms with Crippen LogP contribution in [0.1, 0.15) is 31.3 Å². The highest BCUT2D eigenvalue weighted by molar-refractivity contribution is 5.96. The summed E-state index contributed by atoms with van der Waals surface area (Å²) in [6, 6.07) is 0. The standard InChI is InChI=1S/C11H13N5O4/c1-11(2,3)20-10(19)13-7-6(8(17)18)14-15-9-12-4-5-16(7)9/h4-5H,1-3H3,(H,13,19)(H,17,18). The topological polar surface area (TPSA) is 119 Å². The first-order valence-electron chi connectivity index (χ1n) is 5.71. The average Bonchev–Trinajstić information content (AvgIpc) is 2.74. The summed E-state index contributed by atoms with van der Waals surface area (Å²) >= 11 is 0. The van der Waals surface area contributed by atoms with Crippen LogP contribution in [0.25, 0.3) is 5.78 Å². The number of anilines is 1. The maximum absolute atomic E-state index is 11.8. The SMILES string of the molecule is CC(C)(C)OC(=O)Nc1c(C(=O)O)nnc2nccn12. The first kappa shape index (κ1) is 13.7. The zero-order valence-electron chi connectivity index (χ0n) is 11.1. The smallest absolute Gasteiger partial charge is 0.413 e. The molecule has 0 aliphatic rings. The molecule has 0 bridgehead atoms. The predicted octanol–water partition coefficient (Wildman–Crippen LogP) is 1.17. The van der Waals surface area contributed by atoms with Gasteiger partial charge in [0.25, 0.3) is 5.78 Å². The molecule has 0 saturated heterocycles. The Morgan fingerprint density at radius 2 is 2.05 bits per heavy atom. The summed E-state index contributed by atoms with van der Waals surface area (Å²) < 4.78 is 6.38. The molecule has 2 aromatic heterocycles. The van der Waals surface area contributed by atoms with Crippen molar-refractivity contribution in [2.45, 2.75) is 26.4 Å². The molecule has 1 amide bonds. The third-order valence-electron chi connectivity index (χ3n) is 2.15. The van der Waals surface area contributed by atoms with Gasteiger partial charge in [-0.3, -0.25) is 9.72 Å². The van der Waals surface area contributed by atoms with Gasteiger partial charge in [0.2, 0.25) is 5.69 Å². The van der Waals surface area contributed by atoms with Crippen LogP contribution in [0.4, 0.5) is 10.6 Å². The van der Waals surface area contributed by atoms with Crippen LogP contribution in [0.5, 0.6) is 0 Å². The zero-order valence-corrected chi connectivity index (χ0v) is 11.1. The molecular weight excluding hydrogens is 266 g/mol. The Bertz CT molecular complexity index is 673. The van der Waals surface area contributed by atoms with Crippen LogP contribution in [0.3, 0.4) is 0 Å². The van der Waals surface area contributed by atoms with Crippen molar-refractivity contribution in [3.05, 3.63) is 18.1 Å². The molecule has 0 aliphatic carbocycles. The summed E-state index contributed by atoms with van der Waals surface area (Å²) in [4.78, 5) is 26.8. The molecule has 0 spiro atoms. The van der Waals surface area contributed by atoms with Crippen molar-refractivity contribution in [3.8, 4) is 0 Å². The van der Waals surface area contributed by atoms with Gasteiger partial charge in [-0.05, 0) is 20.8 Å². The van der Waals surface area contributed by atoms with Crippen molar-refractivity contribution >= 4 is 23.7 Å². The van der Waals surface area contributed by atoms with E-state index in [1.807, 2.05) is 0 Å². The van der Waals surface area contributed by atoms with Gasteiger partial charge in [0.15, 0.2) is 5.82 Å². The lowest BCUT2D eigenvalue weighted by Gasteiger charge is -2.20. The maximum atomic E-state index is 11.8. The van der Waals surface area contributed by atoms with E-state index in [9.17, 15) is 9.59 Å². The molecule has 20 heavy (non-hydrogen) atoms. The van der Waals surface area contributed by atoms with E-state index in [1.165, 1.54) is 16.8 Å². The van der Waals surface area contributed by atoms with Crippen molar-refractivity contribution in [2.24, 2.45) is 0 Å². The molecule has 9 heteroatoms. The lowest BCUT2D eigenvalue weighted by atomic mass is 10.2. The first-order chi connectivity index (χ1) is 9.28. The van der Waals surface area contributed by atoms with Crippen LogP contribution < -0.4 is 5.32 Å². The van der Waals surface area contributed by atoms with Gasteiger partial charge in [0.05, 0.1) is 0 Å². The summed E-state index contributed by atoms with van der Waals surface area (Å²) in [5, 5.41) is 18.6. The van der Waals surface area contributed by atoms with Gasteiger partial charge in [-0.1, -0.05) is 0 Å². The monoisotopic (exact) mass is 279 g/mol. The number of amides is 1. The van der Waals surface area contributed by atoms with Crippen molar-refractivity contribution in [1.29, 1.82) is 0 Å². The molecule has 9 nitrogen and oxygen atoms in total.